The first kappa shape index (κ1) is 15.1. The van der Waals surface area contributed by atoms with E-state index in [2.05, 4.69) is 0 Å². The molecule has 2 aromatic carbocycles. The van der Waals surface area contributed by atoms with Gasteiger partial charge in [-0.1, -0.05) is 6.07 Å². The van der Waals surface area contributed by atoms with Crippen LogP contribution >= 0.6 is 0 Å². The molecular weight excluding hydrogens is 324 g/mol. The van der Waals surface area contributed by atoms with Crippen molar-refractivity contribution in [2.75, 3.05) is 0 Å². The van der Waals surface area contributed by atoms with E-state index in [0.29, 0.717) is 0 Å². The van der Waals surface area contributed by atoms with Crippen molar-refractivity contribution in [3.05, 3.63) is 53.1 Å². The number of aromatic nitrogens is 1. The van der Waals surface area contributed by atoms with Crippen LogP contribution in [0, 0.1) is 6.92 Å². The summed E-state index contributed by atoms with van der Waals surface area (Å²) in [6, 6.07) is 10.1. The molecule has 0 aliphatic heterocycles. The van der Waals surface area contributed by atoms with Crippen molar-refractivity contribution in [2.24, 2.45) is 5.14 Å². The van der Waals surface area contributed by atoms with Gasteiger partial charge in [0.05, 0.1) is 16.1 Å². The number of benzene rings is 2. The molecule has 122 valence electrons. The van der Waals surface area contributed by atoms with Crippen molar-refractivity contribution in [1.82, 2.24) is 4.98 Å². The summed E-state index contributed by atoms with van der Waals surface area (Å²) in [4.78, 5) is 4.83. The number of hydrogen-bond donors (Lipinski definition) is 2. The molecule has 24 heavy (non-hydrogen) atoms. The third kappa shape index (κ3) is 2.26. The molecule has 0 saturated carbocycles. The smallest absolute Gasteiger partial charge is 0.238 e. The van der Waals surface area contributed by atoms with Gasteiger partial charge >= 0.3 is 0 Å². The fourth-order valence-electron chi connectivity index (χ4n) is 3.41. The minimum absolute atomic E-state index is 0.0966. The van der Waals surface area contributed by atoms with Crippen LogP contribution in [0.2, 0.25) is 0 Å². The van der Waals surface area contributed by atoms with E-state index in [1.807, 2.05) is 13.0 Å². The van der Waals surface area contributed by atoms with Gasteiger partial charge in [0, 0.05) is 10.9 Å². The zero-order valence-corrected chi connectivity index (χ0v) is 13.9. The molecule has 0 radical (unpaired) electrons. The summed E-state index contributed by atoms with van der Waals surface area (Å²) in [5.74, 6) is 0.208. The first-order chi connectivity index (χ1) is 11.3. The van der Waals surface area contributed by atoms with E-state index in [9.17, 15) is 13.5 Å². The average Bonchev–Trinajstić information content (AvgIpc) is 2.54. The molecule has 3 aromatic rings. The standard InChI is InChI=1S/C18H16N2O3S/c1-10-14-6-3-11-2-5-13(24(19,22)23)9-16(11)18(14)20-17-7-4-12(21)8-15(10)17/h2,4-5,7-9,21H,3,6H2,1H3,(H2,19,22,23). The van der Waals surface area contributed by atoms with Crippen molar-refractivity contribution in [3.8, 4) is 17.0 Å². The largest absolute Gasteiger partial charge is 0.508 e. The molecule has 4 rings (SSSR count). The molecular formula is C18H16N2O3S. The van der Waals surface area contributed by atoms with Gasteiger partial charge < -0.3 is 5.11 Å². The molecule has 1 aliphatic rings. The first-order valence-electron chi connectivity index (χ1n) is 7.63. The Kier molecular flexibility index (Phi) is 3.16. The number of fused-ring (bicyclic) bond motifs is 4. The highest BCUT2D eigenvalue weighted by Crippen LogP contribution is 2.38. The van der Waals surface area contributed by atoms with E-state index < -0.39 is 10.0 Å². The predicted octanol–water partition coefficient (Wildman–Crippen LogP) is 2.66. The Morgan fingerprint density at radius 1 is 1.12 bits per heavy atom. The Labute approximate surface area is 139 Å². The summed E-state index contributed by atoms with van der Waals surface area (Å²) >= 11 is 0. The number of nitrogens with zero attached hydrogens (tertiary/aromatic N) is 1. The van der Waals surface area contributed by atoms with Gasteiger partial charge in [-0.25, -0.2) is 18.5 Å². The molecule has 0 atom stereocenters. The lowest BCUT2D eigenvalue weighted by molar-refractivity contribution is 0.476. The van der Waals surface area contributed by atoms with E-state index in [-0.39, 0.29) is 10.6 Å². The molecule has 3 N–H and O–H groups in total. The highest BCUT2D eigenvalue weighted by molar-refractivity contribution is 7.89. The Morgan fingerprint density at radius 3 is 2.67 bits per heavy atom. The van der Waals surface area contributed by atoms with Gasteiger partial charge in [-0.3, -0.25) is 0 Å². The predicted molar refractivity (Wildman–Crippen MR) is 92.4 cm³/mol. The molecule has 6 heteroatoms. The molecule has 1 aliphatic carbocycles. The molecule has 1 aromatic heterocycles. The number of rotatable bonds is 1. The van der Waals surface area contributed by atoms with E-state index >= 15 is 0 Å². The quantitative estimate of drug-likeness (QED) is 0.712. The number of aromatic hydroxyl groups is 1. The summed E-state index contributed by atoms with van der Waals surface area (Å²) < 4.78 is 23.4. The molecule has 0 fully saturated rings. The van der Waals surface area contributed by atoms with E-state index in [1.165, 1.54) is 0 Å². The van der Waals surface area contributed by atoms with Crippen molar-refractivity contribution in [3.63, 3.8) is 0 Å². The highest BCUT2D eigenvalue weighted by Gasteiger charge is 2.22. The maximum Gasteiger partial charge on any atom is 0.238 e. The number of phenols is 1. The van der Waals surface area contributed by atoms with Crippen LogP contribution in [0.5, 0.6) is 5.75 Å². The fraction of sp³-hybridized carbons (Fsp3) is 0.167. The van der Waals surface area contributed by atoms with Crippen molar-refractivity contribution < 1.29 is 13.5 Å². The average molecular weight is 340 g/mol. The normalized spacial score (nSPS) is 13.6. The molecule has 0 saturated heterocycles. The molecule has 0 unspecified atom stereocenters. The molecule has 0 bridgehead atoms. The second-order valence-corrected chi connectivity index (χ2v) is 7.69. The third-order valence-electron chi connectivity index (χ3n) is 4.66. The second kappa shape index (κ2) is 5.03. The van der Waals surface area contributed by atoms with Crippen LogP contribution in [-0.2, 0) is 22.9 Å². The lowest BCUT2D eigenvalue weighted by atomic mass is 9.85. The third-order valence-corrected chi connectivity index (χ3v) is 5.58. The van der Waals surface area contributed by atoms with Crippen molar-refractivity contribution in [1.29, 1.82) is 0 Å². The Hall–Kier alpha value is -2.44. The van der Waals surface area contributed by atoms with Crippen LogP contribution in [0.3, 0.4) is 0 Å². The molecule has 0 spiro atoms. The van der Waals surface area contributed by atoms with Gasteiger partial charge in [-0.2, -0.15) is 0 Å². The summed E-state index contributed by atoms with van der Waals surface area (Å²) in [7, 11) is -3.76. The van der Waals surface area contributed by atoms with Gasteiger partial charge in [0.2, 0.25) is 10.0 Å². The Morgan fingerprint density at radius 2 is 1.92 bits per heavy atom. The number of phenolic OH excluding ortho intramolecular Hbond substituents is 1. The number of hydrogen-bond acceptors (Lipinski definition) is 4. The van der Waals surface area contributed by atoms with Crippen molar-refractivity contribution in [2.45, 2.75) is 24.7 Å². The first-order valence-corrected chi connectivity index (χ1v) is 9.17. The number of sulfonamides is 1. The van der Waals surface area contributed by atoms with E-state index in [0.717, 1.165) is 51.7 Å². The molecule has 1 heterocycles. The maximum atomic E-state index is 11.7. The topological polar surface area (TPSA) is 93.3 Å². The van der Waals surface area contributed by atoms with Gasteiger partial charge in [0.15, 0.2) is 0 Å². The zero-order valence-electron chi connectivity index (χ0n) is 13.1. The lowest BCUT2D eigenvalue weighted by Crippen LogP contribution is -2.14. The van der Waals surface area contributed by atoms with Crippen LogP contribution in [0.15, 0.2) is 41.3 Å². The Balaban J connectivity index is 2.05. The zero-order chi connectivity index (χ0) is 17.1. The number of primary sulfonamides is 1. The maximum absolute atomic E-state index is 11.7. The lowest BCUT2D eigenvalue weighted by Gasteiger charge is -2.22. The van der Waals surface area contributed by atoms with E-state index in [1.54, 1.807) is 30.3 Å². The van der Waals surface area contributed by atoms with Crippen LogP contribution in [0.4, 0.5) is 0 Å². The second-order valence-electron chi connectivity index (χ2n) is 6.13. The molecule has 5 nitrogen and oxygen atoms in total. The summed E-state index contributed by atoms with van der Waals surface area (Å²) in [6.45, 7) is 2.01. The van der Waals surface area contributed by atoms with Gasteiger partial charge in [0.1, 0.15) is 5.75 Å². The van der Waals surface area contributed by atoms with Crippen LogP contribution < -0.4 is 5.14 Å². The van der Waals surface area contributed by atoms with Gasteiger partial charge in [-0.05, 0) is 66.8 Å². The van der Waals surface area contributed by atoms with Crippen LogP contribution in [0.25, 0.3) is 22.2 Å². The number of pyridine rings is 1. The SMILES string of the molecule is Cc1c2c(nc3ccc(O)cc13)-c1cc(S(N)(=O)=O)ccc1CC2. The highest BCUT2D eigenvalue weighted by atomic mass is 32.2. The van der Waals surface area contributed by atoms with E-state index in [4.69, 9.17) is 10.1 Å². The summed E-state index contributed by atoms with van der Waals surface area (Å²) in [6.07, 6.45) is 1.65. The minimum Gasteiger partial charge on any atom is -0.508 e. The molecule has 0 amide bonds. The van der Waals surface area contributed by atoms with Gasteiger partial charge in [-0.15, -0.1) is 0 Å². The van der Waals surface area contributed by atoms with Gasteiger partial charge in [0.25, 0.3) is 0 Å². The van der Waals surface area contributed by atoms with Crippen LogP contribution in [0.1, 0.15) is 16.7 Å². The van der Waals surface area contributed by atoms with Crippen molar-refractivity contribution >= 4 is 20.9 Å². The fourth-order valence-corrected chi connectivity index (χ4v) is 3.95. The van der Waals surface area contributed by atoms with Crippen LogP contribution in [-0.4, -0.2) is 18.5 Å². The monoisotopic (exact) mass is 340 g/mol. The number of nitrogens with two attached hydrogens (primary N) is 1. The number of aryl methyl sites for hydroxylation is 2. The summed E-state index contributed by atoms with van der Waals surface area (Å²) in [5.41, 5.74) is 5.63. The Bertz CT molecular complexity index is 1100. The minimum atomic E-state index is -3.76. The summed E-state index contributed by atoms with van der Waals surface area (Å²) in [5, 5.41) is 15.9.